The highest BCUT2D eigenvalue weighted by atomic mass is 16.7. The summed E-state index contributed by atoms with van der Waals surface area (Å²) in [5, 5.41) is 0. The maximum atomic E-state index is 12.1. The van der Waals surface area contributed by atoms with Crippen LogP contribution in [0.4, 0.5) is 0 Å². The van der Waals surface area contributed by atoms with Crippen LogP contribution in [0.1, 0.15) is 34.6 Å². The molecule has 0 aromatic rings. The fourth-order valence-corrected chi connectivity index (χ4v) is 2.23. The highest BCUT2D eigenvalue weighted by Crippen LogP contribution is 2.42. The minimum absolute atomic E-state index is 0.0814. The van der Waals surface area contributed by atoms with Gasteiger partial charge in [-0.3, -0.25) is 9.59 Å². The lowest BCUT2D eigenvalue weighted by molar-refractivity contribution is -0.250. The monoisotopic (exact) mass is 252 g/mol. The topological polar surface area (TPSA) is 52.6 Å². The van der Waals surface area contributed by atoms with Gasteiger partial charge in [-0.1, -0.05) is 13.0 Å². The quantitative estimate of drug-likeness (QED) is 0.529. The fourth-order valence-electron chi connectivity index (χ4n) is 2.23. The molecule has 0 saturated carbocycles. The molecule has 2 heterocycles. The molecule has 0 N–H and O–H groups in total. The van der Waals surface area contributed by atoms with Gasteiger partial charge < -0.3 is 9.47 Å². The van der Waals surface area contributed by atoms with Gasteiger partial charge in [0.1, 0.15) is 5.78 Å². The van der Waals surface area contributed by atoms with Gasteiger partial charge in [0.2, 0.25) is 5.79 Å². The third kappa shape index (κ3) is 1.88. The number of fused-ring (bicyclic) bond motifs is 2. The number of carbonyl (C=O) groups excluding carboxylic acids is 2. The van der Waals surface area contributed by atoms with Crippen molar-refractivity contribution in [2.75, 3.05) is 0 Å². The molecule has 4 heteroatoms. The van der Waals surface area contributed by atoms with Crippen LogP contribution in [0.25, 0.3) is 0 Å². The van der Waals surface area contributed by atoms with Gasteiger partial charge in [0.05, 0.1) is 17.4 Å². The first kappa shape index (κ1) is 13.3. The number of rotatable bonds is 1. The van der Waals surface area contributed by atoms with Crippen molar-refractivity contribution in [2.45, 2.75) is 46.5 Å². The van der Waals surface area contributed by atoms with E-state index in [4.69, 9.17) is 9.47 Å². The van der Waals surface area contributed by atoms with Gasteiger partial charge in [0, 0.05) is 5.92 Å². The molecular weight excluding hydrogens is 232 g/mol. The second kappa shape index (κ2) is 3.92. The smallest absolute Gasteiger partial charge is 0.313 e. The van der Waals surface area contributed by atoms with Crippen molar-refractivity contribution in [2.24, 2.45) is 17.3 Å². The summed E-state index contributed by atoms with van der Waals surface area (Å²) < 4.78 is 11.3. The van der Waals surface area contributed by atoms with Gasteiger partial charge in [-0.2, -0.15) is 0 Å². The van der Waals surface area contributed by atoms with E-state index in [1.807, 2.05) is 13.0 Å². The molecule has 100 valence electrons. The maximum absolute atomic E-state index is 12.1. The van der Waals surface area contributed by atoms with Gasteiger partial charge >= 0.3 is 5.97 Å². The minimum atomic E-state index is -1.20. The Morgan fingerprint density at radius 3 is 2.56 bits per heavy atom. The molecule has 2 bridgehead atoms. The number of carbonyl (C=O) groups is 2. The largest absolute Gasteiger partial charge is 0.428 e. The Labute approximate surface area is 107 Å². The number of ketones is 1. The number of hydrogen-bond donors (Lipinski definition) is 0. The first-order valence-electron chi connectivity index (χ1n) is 6.32. The van der Waals surface area contributed by atoms with Crippen LogP contribution in [0, 0.1) is 17.3 Å². The molecule has 1 saturated heterocycles. The molecule has 18 heavy (non-hydrogen) atoms. The summed E-state index contributed by atoms with van der Waals surface area (Å²) >= 11 is 0. The molecule has 0 radical (unpaired) electrons. The maximum Gasteiger partial charge on any atom is 0.313 e. The van der Waals surface area contributed by atoms with Crippen LogP contribution in [0.5, 0.6) is 0 Å². The molecule has 2 rings (SSSR count). The third-order valence-electron chi connectivity index (χ3n) is 3.67. The van der Waals surface area contributed by atoms with Crippen LogP contribution in [-0.4, -0.2) is 23.6 Å². The summed E-state index contributed by atoms with van der Waals surface area (Å²) in [5.74, 6) is -2.12. The van der Waals surface area contributed by atoms with Crippen LogP contribution in [0.2, 0.25) is 0 Å². The molecule has 4 atom stereocenters. The average molecular weight is 252 g/mol. The summed E-state index contributed by atoms with van der Waals surface area (Å²) in [6, 6.07) is 0. The molecule has 0 amide bonds. The molecule has 0 unspecified atom stereocenters. The summed E-state index contributed by atoms with van der Waals surface area (Å²) in [5.41, 5.74) is -0.615. The summed E-state index contributed by atoms with van der Waals surface area (Å²) in [6.07, 6.45) is 3.26. The van der Waals surface area contributed by atoms with Crippen molar-refractivity contribution in [3.8, 4) is 0 Å². The van der Waals surface area contributed by atoms with Crippen molar-refractivity contribution in [3.05, 3.63) is 12.2 Å². The van der Waals surface area contributed by atoms with E-state index in [9.17, 15) is 9.59 Å². The predicted octanol–water partition coefficient (Wildman–Crippen LogP) is 2.08. The van der Waals surface area contributed by atoms with Crippen molar-refractivity contribution >= 4 is 11.8 Å². The summed E-state index contributed by atoms with van der Waals surface area (Å²) in [7, 11) is 0. The molecule has 1 fully saturated rings. The second-order valence-corrected chi connectivity index (χ2v) is 6.22. The molecule has 0 spiro atoms. The zero-order chi connectivity index (χ0) is 13.7. The lowest BCUT2D eigenvalue weighted by Crippen LogP contribution is -2.53. The van der Waals surface area contributed by atoms with E-state index in [2.05, 4.69) is 0 Å². The van der Waals surface area contributed by atoms with E-state index in [1.54, 1.807) is 33.8 Å². The zero-order valence-electron chi connectivity index (χ0n) is 11.5. The first-order valence-corrected chi connectivity index (χ1v) is 6.32. The first-order chi connectivity index (χ1) is 8.17. The standard InChI is InChI=1S/C14H20O4/c1-8-10-6-7-14(17-10,9(2)11(8)15)18-12(16)13(3,4)5/h6-10H,1-5H3/t8-,9+,10+,14-/m1/s1. The van der Waals surface area contributed by atoms with Crippen LogP contribution in [0.3, 0.4) is 0 Å². The van der Waals surface area contributed by atoms with Gasteiger partial charge in [-0.15, -0.1) is 0 Å². The van der Waals surface area contributed by atoms with Gasteiger partial charge in [-0.05, 0) is 33.8 Å². The highest BCUT2D eigenvalue weighted by molar-refractivity contribution is 5.87. The van der Waals surface area contributed by atoms with Gasteiger partial charge in [0.25, 0.3) is 0 Å². The SMILES string of the molecule is C[C@H]1C(=O)[C@H](C)[C@]2(OC(=O)C(C)(C)C)C=C[C@@H]1O2. The Morgan fingerprint density at radius 2 is 2.00 bits per heavy atom. The summed E-state index contributed by atoms with van der Waals surface area (Å²) in [4.78, 5) is 24.1. The Balaban J connectivity index is 2.25. The van der Waals surface area contributed by atoms with Crippen LogP contribution in [0.15, 0.2) is 12.2 Å². The van der Waals surface area contributed by atoms with Crippen molar-refractivity contribution in [3.63, 3.8) is 0 Å². The van der Waals surface area contributed by atoms with Crippen molar-refractivity contribution < 1.29 is 19.1 Å². The Kier molecular flexibility index (Phi) is 2.89. The molecule has 0 aromatic heterocycles. The van der Waals surface area contributed by atoms with Crippen LogP contribution >= 0.6 is 0 Å². The molecule has 2 aliphatic rings. The second-order valence-electron chi connectivity index (χ2n) is 6.22. The average Bonchev–Trinajstić information content (AvgIpc) is 2.66. The predicted molar refractivity (Wildman–Crippen MR) is 65.6 cm³/mol. The van der Waals surface area contributed by atoms with Crippen molar-refractivity contribution in [1.29, 1.82) is 0 Å². The van der Waals surface area contributed by atoms with E-state index in [0.717, 1.165) is 0 Å². The third-order valence-corrected chi connectivity index (χ3v) is 3.67. The molecule has 0 aliphatic carbocycles. The van der Waals surface area contributed by atoms with Crippen molar-refractivity contribution in [1.82, 2.24) is 0 Å². The van der Waals surface area contributed by atoms with Gasteiger partial charge in [-0.25, -0.2) is 0 Å². The molecular formula is C14H20O4. The molecule has 0 aromatic carbocycles. The fraction of sp³-hybridized carbons (Fsp3) is 0.714. The normalized spacial score (nSPS) is 38.9. The zero-order valence-corrected chi connectivity index (χ0v) is 11.5. The number of ether oxygens (including phenoxy) is 2. The lowest BCUT2D eigenvalue weighted by atomic mass is 9.85. The molecule has 2 aliphatic heterocycles. The highest BCUT2D eigenvalue weighted by Gasteiger charge is 2.55. The van der Waals surface area contributed by atoms with E-state index in [1.165, 1.54) is 0 Å². The van der Waals surface area contributed by atoms with E-state index >= 15 is 0 Å². The Bertz CT molecular complexity index is 418. The Hall–Kier alpha value is -1.16. The van der Waals surface area contributed by atoms with E-state index in [-0.39, 0.29) is 23.8 Å². The van der Waals surface area contributed by atoms with E-state index in [0.29, 0.717) is 0 Å². The minimum Gasteiger partial charge on any atom is -0.428 e. The number of esters is 1. The van der Waals surface area contributed by atoms with E-state index < -0.39 is 17.1 Å². The molecule has 4 nitrogen and oxygen atoms in total. The lowest BCUT2D eigenvalue weighted by Gasteiger charge is -2.40. The van der Waals surface area contributed by atoms with Crippen LogP contribution in [-0.2, 0) is 19.1 Å². The number of hydrogen-bond acceptors (Lipinski definition) is 4. The van der Waals surface area contributed by atoms with Crippen LogP contribution < -0.4 is 0 Å². The Morgan fingerprint density at radius 1 is 1.39 bits per heavy atom. The number of Topliss-reactive ketones (excluding diaryl/α,β-unsaturated/α-hetero) is 1. The van der Waals surface area contributed by atoms with Gasteiger partial charge in [0.15, 0.2) is 0 Å². The summed E-state index contributed by atoms with van der Waals surface area (Å²) in [6.45, 7) is 8.93.